The van der Waals surface area contributed by atoms with Crippen molar-refractivity contribution in [1.82, 2.24) is 0 Å². The molecule has 9 atom stereocenters. The number of ether oxygens (including phenoxy) is 4. The summed E-state index contributed by atoms with van der Waals surface area (Å²) >= 11 is 1.83. The van der Waals surface area contributed by atoms with Gasteiger partial charge in [-0.3, -0.25) is 0 Å². The van der Waals surface area contributed by atoms with Gasteiger partial charge in [-0.05, 0) is 34.7 Å². The Hall–Kier alpha value is -1.56. The van der Waals surface area contributed by atoms with Crippen LogP contribution in [0.15, 0.2) is 18.2 Å². The zero-order valence-corrected chi connectivity index (χ0v) is 19.6. The number of aliphatic hydroxyl groups is 7. The van der Waals surface area contributed by atoms with Gasteiger partial charge in [0.25, 0.3) is 0 Å². The van der Waals surface area contributed by atoms with Gasteiger partial charge in [-0.1, -0.05) is 0 Å². The number of rotatable bonds is 7. The van der Waals surface area contributed by atoms with Crippen molar-refractivity contribution in [3.63, 3.8) is 0 Å². The lowest BCUT2D eigenvalue weighted by molar-refractivity contribution is -0.383. The molecule has 0 bridgehead atoms. The normalized spacial score (nSPS) is 37.9. The van der Waals surface area contributed by atoms with Crippen molar-refractivity contribution in [2.45, 2.75) is 54.8 Å². The Labute approximate surface area is 206 Å². The number of hydrogen-bond donors (Lipinski definition) is 7. The van der Waals surface area contributed by atoms with Gasteiger partial charge >= 0.3 is 11.7 Å². The fourth-order valence-corrected chi connectivity index (χ4v) is 4.20. The molecule has 188 valence electrons. The largest absolute Gasteiger partial charge is 0.456 e. The quantitative estimate of drug-likeness (QED) is 0.0984. The zero-order valence-electron chi connectivity index (χ0n) is 17.4. The molecule has 2 fully saturated rings. The highest BCUT2D eigenvalue weighted by molar-refractivity contribution is 14.1. The van der Waals surface area contributed by atoms with E-state index in [1.54, 1.807) is 0 Å². The van der Waals surface area contributed by atoms with Gasteiger partial charge in [0.15, 0.2) is 11.3 Å². The molecule has 2 saturated heterocycles. The van der Waals surface area contributed by atoms with E-state index in [0.717, 1.165) is 0 Å². The molecule has 34 heavy (non-hydrogen) atoms. The minimum absolute atomic E-state index is 0.0338. The van der Waals surface area contributed by atoms with E-state index in [4.69, 9.17) is 24.3 Å². The number of esters is 1. The molecular weight excluding hydrogens is 575 g/mol. The summed E-state index contributed by atoms with van der Waals surface area (Å²) in [6, 6.07) is 4.02. The first-order valence-corrected chi connectivity index (χ1v) is 11.1. The van der Waals surface area contributed by atoms with E-state index in [1.165, 1.54) is 18.2 Å². The first kappa shape index (κ1) is 27.0. The fraction of sp³-hybridized carbons (Fsp3) is 0.632. The van der Waals surface area contributed by atoms with E-state index < -0.39 is 80.6 Å². The van der Waals surface area contributed by atoms with Crippen LogP contribution in [0.3, 0.4) is 0 Å². The van der Waals surface area contributed by atoms with Crippen LogP contribution in [0, 0.1) is 8.96 Å². The van der Waals surface area contributed by atoms with Crippen LogP contribution in [0.4, 0.5) is 5.69 Å². The van der Waals surface area contributed by atoms with E-state index in [9.17, 15) is 40.5 Å². The van der Waals surface area contributed by atoms with Crippen molar-refractivity contribution in [2.24, 2.45) is 0 Å². The van der Waals surface area contributed by atoms with Crippen molar-refractivity contribution < 1.29 is 59.5 Å². The third-order valence-electron chi connectivity index (χ3n) is 5.55. The first-order chi connectivity index (χ1) is 16.1. The van der Waals surface area contributed by atoms with Crippen LogP contribution in [0.25, 0.3) is 4.98 Å². The molecule has 0 radical (unpaired) electrons. The Bertz CT molecular complexity index is 929. The fourth-order valence-electron chi connectivity index (χ4n) is 3.58. The summed E-state index contributed by atoms with van der Waals surface area (Å²) in [6.45, 7) is -2.37. The predicted molar refractivity (Wildman–Crippen MR) is 116 cm³/mol. The average molecular weight is 599 g/mol. The lowest BCUT2D eigenvalue weighted by Crippen LogP contribution is -2.62. The maximum absolute atomic E-state index is 12.6. The summed E-state index contributed by atoms with van der Waals surface area (Å²) in [5, 5.41) is 78.8. The molecule has 2 aliphatic heterocycles. The molecule has 0 amide bonds. The molecule has 2 heterocycles. The molecule has 3 rings (SSSR count). The second-order valence-corrected chi connectivity index (χ2v) is 8.91. The second-order valence-electron chi connectivity index (χ2n) is 7.74. The molecule has 1 aromatic carbocycles. The van der Waals surface area contributed by atoms with Crippen LogP contribution in [-0.4, -0.2) is 116 Å². The summed E-state index contributed by atoms with van der Waals surface area (Å²) in [5.41, 5.74) is 0.245. The molecule has 0 unspecified atom stereocenters. The lowest BCUT2D eigenvalue weighted by atomic mass is 9.99. The smallest absolute Gasteiger partial charge is 0.398 e. The monoisotopic (exact) mass is 599 g/mol. The number of carbonyl (C=O) groups excluding carboxylic acids is 1. The Morgan fingerprint density at radius 1 is 1.06 bits per heavy atom. The molecular formula is C19H24IN2O12+. The Morgan fingerprint density at radius 2 is 1.74 bits per heavy atom. The van der Waals surface area contributed by atoms with Gasteiger partial charge < -0.3 is 54.7 Å². The maximum atomic E-state index is 12.6. The molecule has 7 N–H and O–H groups in total. The van der Waals surface area contributed by atoms with Gasteiger partial charge in [-0.2, -0.15) is 0 Å². The summed E-state index contributed by atoms with van der Waals surface area (Å²) in [6.07, 6.45) is -13.5. The molecule has 1 aromatic rings. The van der Waals surface area contributed by atoms with Crippen LogP contribution < -0.4 is 0 Å². The number of carbonyl (C=O) groups is 1. The van der Waals surface area contributed by atoms with Crippen LogP contribution in [0.2, 0.25) is 0 Å². The Morgan fingerprint density at radius 3 is 2.29 bits per heavy atom. The van der Waals surface area contributed by atoms with Crippen molar-refractivity contribution >= 4 is 34.2 Å². The van der Waals surface area contributed by atoms with Gasteiger partial charge in [0.1, 0.15) is 52.9 Å². The summed E-state index contributed by atoms with van der Waals surface area (Å²) in [5.74, 6) is -3.29. The highest BCUT2D eigenvalue weighted by atomic mass is 127. The van der Waals surface area contributed by atoms with Crippen LogP contribution in [-0.2, 0) is 18.9 Å². The topological polar surface area (TPSA) is 224 Å². The lowest BCUT2D eigenvalue weighted by Gasteiger charge is -2.43. The highest BCUT2D eigenvalue weighted by Crippen LogP contribution is 2.37. The standard InChI is InChI=1S/C19H24IN2O12/c20-8-3-7(1-2-9(8)22-21)17(30)31-6-19(16(29)13(26)11(5-24)33-19)34-18-15(28)14(27)12(25)10(4-23)32-18/h1-3,10-16,18,23-29H,4-6H2/q+1/t10-,11+,12-,13+,14+,15-,16-,18-,19-/m0/s1. The Balaban J connectivity index is 1.83. The maximum Gasteiger partial charge on any atom is 0.398 e. The molecule has 0 saturated carbocycles. The highest BCUT2D eigenvalue weighted by Gasteiger charge is 2.59. The third kappa shape index (κ3) is 5.17. The number of diazo groups is 1. The first-order valence-electron chi connectivity index (χ1n) is 10.0. The number of hydrogen-bond acceptors (Lipinski definition) is 13. The summed E-state index contributed by atoms with van der Waals surface area (Å²) < 4.78 is 21.9. The van der Waals surface area contributed by atoms with Crippen molar-refractivity contribution in [3.05, 3.63) is 32.3 Å². The predicted octanol–water partition coefficient (Wildman–Crippen LogP) is -2.44. The molecule has 15 heteroatoms. The third-order valence-corrected chi connectivity index (χ3v) is 6.41. The van der Waals surface area contributed by atoms with Crippen molar-refractivity contribution in [3.8, 4) is 0 Å². The Kier molecular flexibility index (Phi) is 8.75. The van der Waals surface area contributed by atoms with E-state index >= 15 is 0 Å². The number of benzene rings is 1. The van der Waals surface area contributed by atoms with Crippen LogP contribution in [0.1, 0.15) is 10.4 Å². The molecule has 0 spiro atoms. The van der Waals surface area contributed by atoms with Gasteiger partial charge in [0, 0.05) is 6.07 Å². The minimum Gasteiger partial charge on any atom is -0.456 e. The molecule has 2 aliphatic rings. The second kappa shape index (κ2) is 11.0. The average Bonchev–Trinajstić information content (AvgIpc) is 3.07. The SMILES string of the molecule is N#[N+]c1ccc(C(=O)OC[C@@]2(O[C@@H]3O[C@@H](CO)[C@H](O)[C@@H](O)[C@@H]3O)O[C@H](CO)[C@@H](O)[C@@H]2O)cc1I. The molecule has 0 aliphatic carbocycles. The van der Waals surface area contributed by atoms with Gasteiger partial charge in [0.05, 0.1) is 18.8 Å². The van der Waals surface area contributed by atoms with E-state index in [0.29, 0.717) is 3.57 Å². The van der Waals surface area contributed by atoms with Gasteiger partial charge in [-0.25, -0.2) is 4.79 Å². The zero-order chi connectivity index (χ0) is 25.2. The number of nitrogens with zero attached hydrogens (tertiary/aromatic N) is 2. The minimum atomic E-state index is -2.37. The summed E-state index contributed by atoms with van der Waals surface area (Å²) in [7, 11) is 0. The molecule has 14 nitrogen and oxygen atoms in total. The van der Waals surface area contributed by atoms with Crippen molar-refractivity contribution in [2.75, 3.05) is 19.8 Å². The number of halogens is 1. The summed E-state index contributed by atoms with van der Waals surface area (Å²) in [4.78, 5) is 15.6. The van der Waals surface area contributed by atoms with Crippen LogP contribution in [0.5, 0.6) is 0 Å². The number of aliphatic hydroxyl groups excluding tert-OH is 7. The van der Waals surface area contributed by atoms with Gasteiger partial charge in [0.2, 0.25) is 11.2 Å². The van der Waals surface area contributed by atoms with E-state index in [-0.39, 0.29) is 11.3 Å². The van der Waals surface area contributed by atoms with Crippen molar-refractivity contribution in [1.29, 1.82) is 5.39 Å². The van der Waals surface area contributed by atoms with Crippen LogP contribution >= 0.6 is 22.6 Å². The molecule has 0 aromatic heterocycles. The van der Waals surface area contributed by atoms with Gasteiger partial charge in [-0.15, -0.1) is 0 Å². The van der Waals surface area contributed by atoms with E-state index in [2.05, 4.69) is 4.98 Å². The van der Waals surface area contributed by atoms with E-state index in [1.807, 2.05) is 22.6 Å².